The van der Waals surface area contributed by atoms with Crippen LogP contribution in [-0.2, 0) is 16.1 Å². The van der Waals surface area contributed by atoms with Crippen LogP contribution in [0.4, 0.5) is 0 Å². The van der Waals surface area contributed by atoms with Crippen LogP contribution in [-0.4, -0.2) is 42.5 Å². The second-order valence-electron chi connectivity index (χ2n) is 5.54. The van der Waals surface area contributed by atoms with Crippen LogP contribution in [0.3, 0.4) is 0 Å². The van der Waals surface area contributed by atoms with Crippen molar-refractivity contribution in [1.82, 2.24) is 15.6 Å². The molecule has 1 fully saturated rings. The minimum Gasteiger partial charge on any atom is -0.494 e. The van der Waals surface area contributed by atoms with Gasteiger partial charge in [-0.05, 0) is 24.1 Å². The van der Waals surface area contributed by atoms with Crippen molar-refractivity contribution in [3.63, 3.8) is 0 Å². The van der Waals surface area contributed by atoms with Crippen LogP contribution in [0.5, 0.6) is 5.75 Å². The van der Waals surface area contributed by atoms with E-state index in [1.165, 1.54) is 0 Å². The molecular weight excluding hydrogens is 296 g/mol. The Morgan fingerprint density at radius 3 is 2.83 bits per heavy atom. The van der Waals surface area contributed by atoms with Gasteiger partial charge in [0.25, 0.3) is 0 Å². The van der Waals surface area contributed by atoms with Gasteiger partial charge in [0.1, 0.15) is 5.75 Å². The van der Waals surface area contributed by atoms with E-state index >= 15 is 0 Å². The molecule has 1 aliphatic heterocycles. The third-order valence-electron chi connectivity index (χ3n) is 3.76. The Morgan fingerprint density at radius 2 is 2.17 bits per heavy atom. The van der Waals surface area contributed by atoms with E-state index in [4.69, 9.17) is 10.6 Å². The number of nitrogens with zero attached hydrogens (tertiary/aromatic N) is 1. The minimum absolute atomic E-state index is 0.0556. The molecule has 1 aromatic rings. The third kappa shape index (κ3) is 4.94. The van der Waals surface area contributed by atoms with E-state index in [-0.39, 0.29) is 18.2 Å². The van der Waals surface area contributed by atoms with E-state index in [1.807, 2.05) is 29.2 Å². The molecule has 0 spiro atoms. The molecule has 126 valence electrons. The van der Waals surface area contributed by atoms with Crippen molar-refractivity contribution in [2.24, 2.45) is 5.84 Å². The molecule has 23 heavy (non-hydrogen) atoms. The summed E-state index contributed by atoms with van der Waals surface area (Å²) in [7, 11) is 0. The number of rotatable bonds is 7. The highest BCUT2D eigenvalue weighted by atomic mass is 16.5. The van der Waals surface area contributed by atoms with Gasteiger partial charge in [0, 0.05) is 19.6 Å². The zero-order valence-corrected chi connectivity index (χ0v) is 13.4. The molecule has 0 saturated carbocycles. The minimum atomic E-state index is -0.497. The topological polar surface area (TPSA) is 96.7 Å². The first kappa shape index (κ1) is 17.2. The molecule has 1 unspecified atom stereocenters. The standard InChI is InChI=1S/C16H24N4O3/c1-2-9-23-13-5-3-12(4-6-13)11-20-8-7-18-16(22)14(20)10-15(21)19-17/h3-6,14H,2,7-11,17H2,1H3,(H,18,22)(H,19,21). The lowest BCUT2D eigenvalue weighted by Crippen LogP contribution is -2.56. The summed E-state index contributed by atoms with van der Waals surface area (Å²) in [5, 5.41) is 2.79. The Kier molecular flexibility index (Phi) is 6.37. The number of carbonyl (C=O) groups excluding carboxylic acids is 2. The van der Waals surface area contributed by atoms with Gasteiger partial charge in [0.15, 0.2) is 0 Å². The fourth-order valence-electron chi connectivity index (χ4n) is 2.55. The predicted molar refractivity (Wildman–Crippen MR) is 86.4 cm³/mol. The van der Waals surface area contributed by atoms with Gasteiger partial charge in [0.2, 0.25) is 11.8 Å². The van der Waals surface area contributed by atoms with Crippen LogP contribution < -0.4 is 21.3 Å². The molecule has 2 rings (SSSR count). The number of hydrazine groups is 1. The summed E-state index contributed by atoms with van der Waals surface area (Å²) in [6.45, 7) is 4.64. The molecule has 1 aromatic carbocycles. The number of hydrogen-bond acceptors (Lipinski definition) is 5. The van der Waals surface area contributed by atoms with Crippen LogP contribution in [0.2, 0.25) is 0 Å². The molecule has 1 aliphatic rings. The van der Waals surface area contributed by atoms with Crippen LogP contribution in [0.25, 0.3) is 0 Å². The first-order chi connectivity index (χ1) is 11.1. The van der Waals surface area contributed by atoms with Crippen LogP contribution in [0.1, 0.15) is 25.3 Å². The Bertz CT molecular complexity index is 533. The summed E-state index contributed by atoms with van der Waals surface area (Å²) >= 11 is 0. The van der Waals surface area contributed by atoms with Crippen molar-refractivity contribution in [2.45, 2.75) is 32.4 Å². The molecular formula is C16H24N4O3. The summed E-state index contributed by atoms with van der Waals surface area (Å²) in [6, 6.07) is 7.32. The van der Waals surface area contributed by atoms with Crippen molar-refractivity contribution in [3.8, 4) is 5.75 Å². The quantitative estimate of drug-likeness (QED) is 0.378. The highest BCUT2D eigenvalue weighted by molar-refractivity contribution is 5.88. The number of hydrogen-bond donors (Lipinski definition) is 3. The maximum Gasteiger partial charge on any atom is 0.237 e. The first-order valence-electron chi connectivity index (χ1n) is 7.87. The zero-order chi connectivity index (χ0) is 16.7. The summed E-state index contributed by atoms with van der Waals surface area (Å²) in [4.78, 5) is 25.5. The number of carbonyl (C=O) groups is 2. The Labute approximate surface area is 136 Å². The summed E-state index contributed by atoms with van der Waals surface area (Å²) in [5.41, 5.74) is 3.15. The average Bonchev–Trinajstić information content (AvgIpc) is 2.57. The van der Waals surface area contributed by atoms with Crippen molar-refractivity contribution < 1.29 is 14.3 Å². The Hall–Kier alpha value is -2.12. The van der Waals surface area contributed by atoms with Gasteiger partial charge in [-0.15, -0.1) is 0 Å². The summed E-state index contributed by atoms with van der Waals surface area (Å²) in [6.07, 6.45) is 1.02. The lowest BCUT2D eigenvalue weighted by molar-refractivity contribution is -0.134. The van der Waals surface area contributed by atoms with Gasteiger partial charge in [-0.1, -0.05) is 19.1 Å². The molecule has 0 bridgehead atoms. The molecule has 0 radical (unpaired) electrons. The van der Waals surface area contributed by atoms with Crippen molar-refractivity contribution in [2.75, 3.05) is 19.7 Å². The fourth-order valence-corrected chi connectivity index (χ4v) is 2.55. The summed E-state index contributed by atoms with van der Waals surface area (Å²) < 4.78 is 5.56. The van der Waals surface area contributed by atoms with Gasteiger partial charge in [-0.3, -0.25) is 19.9 Å². The lowest BCUT2D eigenvalue weighted by Gasteiger charge is -2.34. The number of nitrogens with two attached hydrogens (primary N) is 1. The summed E-state index contributed by atoms with van der Waals surface area (Å²) in [5.74, 6) is 5.48. The van der Waals surface area contributed by atoms with E-state index in [9.17, 15) is 9.59 Å². The Morgan fingerprint density at radius 1 is 1.43 bits per heavy atom. The SMILES string of the molecule is CCCOc1ccc(CN2CCNC(=O)C2CC(=O)NN)cc1. The lowest BCUT2D eigenvalue weighted by atomic mass is 10.1. The molecule has 2 amide bonds. The molecule has 1 atom stereocenters. The van der Waals surface area contributed by atoms with Crippen LogP contribution in [0.15, 0.2) is 24.3 Å². The van der Waals surface area contributed by atoms with E-state index in [2.05, 4.69) is 17.7 Å². The highest BCUT2D eigenvalue weighted by Crippen LogP contribution is 2.17. The van der Waals surface area contributed by atoms with E-state index < -0.39 is 6.04 Å². The molecule has 7 nitrogen and oxygen atoms in total. The molecule has 1 saturated heterocycles. The number of piperazine rings is 1. The molecule has 0 aromatic heterocycles. The number of ether oxygens (including phenoxy) is 1. The maximum absolute atomic E-state index is 12.0. The normalized spacial score (nSPS) is 18.3. The first-order valence-corrected chi connectivity index (χ1v) is 7.87. The van der Waals surface area contributed by atoms with Crippen molar-refractivity contribution >= 4 is 11.8 Å². The molecule has 4 N–H and O–H groups in total. The van der Waals surface area contributed by atoms with E-state index in [0.29, 0.717) is 26.2 Å². The molecule has 1 heterocycles. The van der Waals surface area contributed by atoms with E-state index in [1.54, 1.807) is 0 Å². The highest BCUT2D eigenvalue weighted by Gasteiger charge is 2.31. The third-order valence-corrected chi connectivity index (χ3v) is 3.76. The second-order valence-corrected chi connectivity index (χ2v) is 5.54. The monoisotopic (exact) mass is 320 g/mol. The van der Waals surface area contributed by atoms with Crippen LogP contribution >= 0.6 is 0 Å². The van der Waals surface area contributed by atoms with Crippen LogP contribution in [0, 0.1) is 0 Å². The van der Waals surface area contributed by atoms with Gasteiger partial charge in [0.05, 0.1) is 19.1 Å². The fraction of sp³-hybridized carbons (Fsp3) is 0.500. The number of nitrogens with one attached hydrogen (secondary N) is 2. The predicted octanol–water partition coefficient (Wildman–Crippen LogP) is 0.156. The van der Waals surface area contributed by atoms with Gasteiger partial charge in [-0.25, -0.2) is 5.84 Å². The van der Waals surface area contributed by atoms with Crippen molar-refractivity contribution in [3.05, 3.63) is 29.8 Å². The second kappa shape index (κ2) is 8.50. The smallest absolute Gasteiger partial charge is 0.237 e. The van der Waals surface area contributed by atoms with Crippen molar-refractivity contribution in [1.29, 1.82) is 0 Å². The number of benzene rings is 1. The molecule has 0 aliphatic carbocycles. The zero-order valence-electron chi connectivity index (χ0n) is 13.4. The van der Waals surface area contributed by atoms with Gasteiger partial charge >= 0.3 is 0 Å². The van der Waals surface area contributed by atoms with Gasteiger partial charge < -0.3 is 10.1 Å². The Balaban J connectivity index is 2.00. The maximum atomic E-state index is 12.0. The van der Waals surface area contributed by atoms with Gasteiger partial charge in [-0.2, -0.15) is 0 Å². The van der Waals surface area contributed by atoms with E-state index in [0.717, 1.165) is 17.7 Å². The number of amides is 2. The molecule has 7 heteroatoms. The largest absolute Gasteiger partial charge is 0.494 e. The average molecular weight is 320 g/mol.